The van der Waals surface area contributed by atoms with Crippen molar-refractivity contribution in [3.63, 3.8) is 0 Å². The van der Waals surface area contributed by atoms with Gasteiger partial charge in [-0.05, 0) is 19.1 Å². The van der Waals surface area contributed by atoms with Crippen LogP contribution in [-0.2, 0) is 0 Å². The lowest BCUT2D eigenvalue weighted by atomic mass is 10.2. The van der Waals surface area contributed by atoms with Crippen molar-refractivity contribution in [2.24, 2.45) is 0 Å². The molecule has 0 atom stereocenters. The number of rotatable bonds is 2. The number of benzene rings is 1. The van der Waals surface area contributed by atoms with E-state index < -0.39 is 0 Å². The summed E-state index contributed by atoms with van der Waals surface area (Å²) < 4.78 is 6.84. The predicted octanol–water partition coefficient (Wildman–Crippen LogP) is 1.13. The lowest BCUT2D eigenvalue weighted by Crippen LogP contribution is -2.17. The van der Waals surface area contributed by atoms with Crippen LogP contribution >= 0.6 is 0 Å². The van der Waals surface area contributed by atoms with E-state index in [0.29, 0.717) is 11.4 Å². The third-order valence-electron chi connectivity index (χ3n) is 2.45. The number of nitrogens with two attached hydrogens (primary N) is 1. The summed E-state index contributed by atoms with van der Waals surface area (Å²) in [5.41, 5.74) is 6.72. The number of ether oxygens (including phenoxy) is 1. The molecule has 0 unspecified atom stereocenters. The number of aromatic nitrogens is 2. The number of hydrogen-bond acceptors (Lipinski definition) is 4. The van der Waals surface area contributed by atoms with E-state index in [-0.39, 0.29) is 11.2 Å². The molecule has 2 N–H and O–H groups in total. The van der Waals surface area contributed by atoms with E-state index in [4.69, 9.17) is 10.5 Å². The number of para-hydroxylation sites is 2. The number of methoxy groups -OCH3 is 1. The van der Waals surface area contributed by atoms with E-state index in [9.17, 15) is 4.79 Å². The molecule has 5 heteroatoms. The largest absolute Gasteiger partial charge is 0.494 e. The Morgan fingerprint density at radius 2 is 2.06 bits per heavy atom. The van der Waals surface area contributed by atoms with Crippen LogP contribution in [0.15, 0.2) is 35.1 Å². The molecule has 0 saturated carbocycles. The van der Waals surface area contributed by atoms with Gasteiger partial charge in [-0.15, -0.1) is 5.10 Å². The Bertz CT molecular complexity index is 605. The fraction of sp³-hybridized carbons (Fsp3) is 0.167. The zero-order valence-electron chi connectivity index (χ0n) is 9.68. The highest BCUT2D eigenvalue weighted by Gasteiger charge is 2.08. The molecule has 88 valence electrons. The highest BCUT2D eigenvalue weighted by Crippen LogP contribution is 2.21. The molecule has 2 aromatic rings. The van der Waals surface area contributed by atoms with Gasteiger partial charge in [-0.2, -0.15) is 0 Å². The van der Waals surface area contributed by atoms with Gasteiger partial charge in [-0.3, -0.25) is 4.79 Å². The molecule has 1 aromatic heterocycles. The van der Waals surface area contributed by atoms with Gasteiger partial charge in [0.05, 0.1) is 7.11 Å². The molecular formula is C12H13N3O2. The monoisotopic (exact) mass is 231 g/mol. The van der Waals surface area contributed by atoms with Gasteiger partial charge in [0.1, 0.15) is 11.4 Å². The summed E-state index contributed by atoms with van der Waals surface area (Å²) in [5, 5.41) is 4.05. The summed E-state index contributed by atoms with van der Waals surface area (Å²) in [6.07, 6.45) is 0. The minimum Gasteiger partial charge on any atom is -0.494 e. The molecule has 0 bridgehead atoms. The van der Waals surface area contributed by atoms with Crippen molar-refractivity contribution < 1.29 is 4.74 Å². The second kappa shape index (κ2) is 4.29. The fourth-order valence-electron chi connectivity index (χ4n) is 1.61. The average molecular weight is 231 g/mol. The minimum absolute atomic E-state index is 0.0264. The van der Waals surface area contributed by atoms with Crippen molar-refractivity contribution in [3.8, 4) is 11.4 Å². The maximum absolute atomic E-state index is 11.3. The number of aryl methyl sites for hydroxylation is 1. The van der Waals surface area contributed by atoms with Crippen molar-refractivity contribution in [2.45, 2.75) is 6.92 Å². The van der Waals surface area contributed by atoms with Crippen LogP contribution in [-0.4, -0.2) is 16.9 Å². The van der Waals surface area contributed by atoms with Crippen molar-refractivity contribution in [3.05, 3.63) is 46.2 Å². The number of nitrogens with zero attached hydrogens (tertiary/aromatic N) is 2. The third-order valence-corrected chi connectivity index (χ3v) is 2.45. The van der Waals surface area contributed by atoms with Crippen molar-refractivity contribution in [2.75, 3.05) is 12.8 Å². The molecule has 0 radical (unpaired) electrons. The molecule has 1 aromatic carbocycles. The lowest BCUT2D eigenvalue weighted by molar-refractivity contribution is 0.411. The Balaban J connectivity index is 2.68. The summed E-state index contributed by atoms with van der Waals surface area (Å²) in [6.45, 7) is 1.79. The van der Waals surface area contributed by atoms with Crippen molar-refractivity contribution in [1.29, 1.82) is 0 Å². The molecule has 5 nitrogen and oxygen atoms in total. The molecule has 0 fully saturated rings. The molecule has 17 heavy (non-hydrogen) atoms. The topological polar surface area (TPSA) is 70.1 Å². The van der Waals surface area contributed by atoms with E-state index in [2.05, 4.69) is 5.10 Å². The van der Waals surface area contributed by atoms with Crippen molar-refractivity contribution in [1.82, 2.24) is 9.78 Å². The first kappa shape index (κ1) is 11.2. The van der Waals surface area contributed by atoms with Gasteiger partial charge >= 0.3 is 0 Å². The van der Waals surface area contributed by atoms with E-state index >= 15 is 0 Å². The summed E-state index contributed by atoms with van der Waals surface area (Å²) in [5.74, 6) is 0.646. The Morgan fingerprint density at radius 3 is 2.76 bits per heavy atom. The van der Waals surface area contributed by atoms with E-state index in [1.54, 1.807) is 18.7 Å². The Morgan fingerprint density at radius 1 is 1.35 bits per heavy atom. The van der Waals surface area contributed by atoms with Crippen LogP contribution in [0.4, 0.5) is 5.82 Å². The summed E-state index contributed by atoms with van der Waals surface area (Å²) >= 11 is 0. The first-order valence-corrected chi connectivity index (χ1v) is 5.13. The fourth-order valence-corrected chi connectivity index (χ4v) is 1.61. The zero-order chi connectivity index (χ0) is 12.4. The van der Waals surface area contributed by atoms with Gasteiger partial charge in [-0.1, -0.05) is 12.1 Å². The number of hydrogen-bond donors (Lipinski definition) is 1. The van der Waals surface area contributed by atoms with E-state index in [0.717, 1.165) is 5.69 Å². The number of nitrogen functional groups attached to an aromatic ring is 1. The smallest absolute Gasteiger partial charge is 0.224 e. The van der Waals surface area contributed by atoms with Gasteiger partial charge in [0.15, 0.2) is 5.82 Å². The molecule has 1 heterocycles. The SMILES string of the molecule is COc1ccccc1-n1nc(N)c(=O)cc1C. The quantitative estimate of drug-likeness (QED) is 0.841. The molecule has 0 aliphatic heterocycles. The first-order chi connectivity index (χ1) is 8.13. The molecule has 0 amide bonds. The molecule has 0 saturated heterocycles. The Hall–Kier alpha value is -2.30. The minimum atomic E-state index is -0.270. The maximum Gasteiger partial charge on any atom is 0.224 e. The predicted molar refractivity (Wildman–Crippen MR) is 65.5 cm³/mol. The van der Waals surface area contributed by atoms with Crippen LogP contribution in [0.3, 0.4) is 0 Å². The molecule has 2 rings (SSSR count). The highest BCUT2D eigenvalue weighted by molar-refractivity contribution is 5.47. The maximum atomic E-state index is 11.3. The van der Waals surface area contributed by atoms with Gasteiger partial charge in [0.2, 0.25) is 5.43 Å². The summed E-state index contributed by atoms with van der Waals surface area (Å²) in [6, 6.07) is 8.86. The first-order valence-electron chi connectivity index (χ1n) is 5.13. The normalized spacial score (nSPS) is 10.2. The zero-order valence-corrected chi connectivity index (χ0v) is 9.68. The second-order valence-electron chi connectivity index (χ2n) is 3.62. The van der Waals surface area contributed by atoms with E-state index in [1.165, 1.54) is 6.07 Å². The van der Waals surface area contributed by atoms with Crippen LogP contribution in [0.1, 0.15) is 5.69 Å². The van der Waals surface area contributed by atoms with Crippen LogP contribution in [0.2, 0.25) is 0 Å². The van der Waals surface area contributed by atoms with Crippen molar-refractivity contribution >= 4 is 5.82 Å². The molecule has 0 aliphatic carbocycles. The average Bonchev–Trinajstić information content (AvgIpc) is 2.34. The van der Waals surface area contributed by atoms with Crippen LogP contribution in [0.5, 0.6) is 5.75 Å². The van der Waals surface area contributed by atoms with E-state index in [1.807, 2.05) is 24.3 Å². The standard InChI is InChI=1S/C12H13N3O2/c1-8-7-10(16)12(13)14-15(8)9-5-3-4-6-11(9)17-2/h3-7H,1-2H3,(H2,13,14). The molecule has 0 spiro atoms. The van der Waals surface area contributed by atoms with Crippen LogP contribution in [0, 0.1) is 6.92 Å². The lowest BCUT2D eigenvalue weighted by Gasteiger charge is -2.12. The molecule has 0 aliphatic rings. The van der Waals surface area contributed by atoms with Gasteiger partial charge in [-0.25, -0.2) is 4.68 Å². The van der Waals surface area contributed by atoms with Crippen LogP contribution < -0.4 is 15.9 Å². The highest BCUT2D eigenvalue weighted by atomic mass is 16.5. The number of anilines is 1. The second-order valence-corrected chi connectivity index (χ2v) is 3.62. The Kier molecular flexibility index (Phi) is 2.82. The Labute approximate surface area is 98.5 Å². The third kappa shape index (κ3) is 1.99. The van der Waals surface area contributed by atoms with Crippen LogP contribution in [0.25, 0.3) is 5.69 Å². The summed E-state index contributed by atoms with van der Waals surface area (Å²) in [7, 11) is 1.58. The molecular weight excluding hydrogens is 218 g/mol. The van der Waals surface area contributed by atoms with Gasteiger partial charge in [0, 0.05) is 11.8 Å². The summed E-state index contributed by atoms with van der Waals surface area (Å²) in [4.78, 5) is 11.3. The van der Waals surface area contributed by atoms with Gasteiger partial charge < -0.3 is 10.5 Å². The van der Waals surface area contributed by atoms with Gasteiger partial charge in [0.25, 0.3) is 0 Å².